The molecular weight excluding hydrogens is 324 g/mol. The van der Waals surface area contributed by atoms with Gasteiger partial charge in [0.05, 0.1) is 0 Å². The van der Waals surface area contributed by atoms with E-state index in [4.69, 9.17) is 4.74 Å². The maximum absolute atomic E-state index is 11.7. The number of hydrogen-bond acceptors (Lipinski definition) is 3. The number of phenolic OH excluding ortho intramolecular Hbond substituents is 1. The summed E-state index contributed by atoms with van der Waals surface area (Å²) in [4.78, 5) is 11.7. The maximum atomic E-state index is 11.7. The van der Waals surface area contributed by atoms with Gasteiger partial charge in [-0.2, -0.15) is 0 Å². The van der Waals surface area contributed by atoms with E-state index < -0.39 is 0 Å². The van der Waals surface area contributed by atoms with Crippen LogP contribution >= 0.6 is 0 Å². The van der Waals surface area contributed by atoms with Crippen LogP contribution in [0.25, 0.3) is 0 Å². The highest BCUT2D eigenvalue weighted by Gasteiger charge is 2.03. The normalized spacial score (nSPS) is 11.1. The molecule has 3 heteroatoms. The largest absolute Gasteiger partial charge is 0.508 e. The highest BCUT2D eigenvalue weighted by atomic mass is 16.5. The lowest BCUT2D eigenvalue weighted by Crippen LogP contribution is -2.04. The Kier molecular flexibility index (Phi) is 13.3. The molecule has 26 heavy (non-hydrogen) atoms. The van der Waals surface area contributed by atoms with Crippen LogP contribution in [0.2, 0.25) is 0 Å². The van der Waals surface area contributed by atoms with Crippen molar-refractivity contribution in [2.75, 3.05) is 0 Å². The minimum absolute atomic E-state index is 0.148. The first kappa shape index (κ1) is 22.3. The quantitative estimate of drug-likeness (QED) is 0.215. The number of carbonyl (C=O) groups excluding carboxylic acids is 1. The lowest BCUT2D eigenvalue weighted by atomic mass is 10.1. The van der Waals surface area contributed by atoms with Gasteiger partial charge < -0.3 is 9.84 Å². The van der Waals surface area contributed by atoms with Crippen molar-refractivity contribution >= 4 is 5.97 Å². The Labute approximate surface area is 159 Å². The highest BCUT2D eigenvalue weighted by Crippen LogP contribution is 2.12. The van der Waals surface area contributed by atoms with Crippen molar-refractivity contribution in [3.8, 4) is 5.75 Å². The molecule has 0 aliphatic heterocycles. The molecule has 0 aromatic heterocycles. The number of hydrogen-bond donors (Lipinski definition) is 1. The number of esters is 1. The van der Waals surface area contributed by atoms with E-state index in [1.807, 2.05) is 0 Å². The second kappa shape index (κ2) is 15.5. The van der Waals surface area contributed by atoms with E-state index in [0.29, 0.717) is 6.42 Å². The molecule has 0 aliphatic carbocycles. The van der Waals surface area contributed by atoms with Gasteiger partial charge in [-0.1, -0.05) is 69.7 Å². The first-order valence-electron chi connectivity index (χ1n) is 10.3. The summed E-state index contributed by atoms with van der Waals surface area (Å²) in [6, 6.07) is 6.72. The third-order valence-electron chi connectivity index (χ3n) is 4.48. The summed E-state index contributed by atoms with van der Waals surface area (Å²) < 4.78 is 5.24. The van der Waals surface area contributed by atoms with E-state index in [-0.39, 0.29) is 18.3 Å². The van der Waals surface area contributed by atoms with E-state index in [0.717, 1.165) is 24.8 Å². The number of phenols is 1. The van der Waals surface area contributed by atoms with Gasteiger partial charge >= 0.3 is 5.97 Å². The first-order valence-corrected chi connectivity index (χ1v) is 10.3. The van der Waals surface area contributed by atoms with Gasteiger partial charge in [-0.15, -0.1) is 0 Å². The zero-order chi connectivity index (χ0) is 18.9. The van der Waals surface area contributed by atoms with Crippen molar-refractivity contribution in [1.82, 2.24) is 0 Å². The lowest BCUT2D eigenvalue weighted by molar-refractivity contribution is -0.145. The van der Waals surface area contributed by atoms with E-state index in [1.54, 1.807) is 24.3 Å². The monoisotopic (exact) mass is 360 g/mol. The standard InChI is InChI=1S/C23H36O3/c1-2-3-4-5-6-7-8-9-10-11-12-13-14-15-23(25)26-20-21-16-18-22(24)19-17-21/h10-11,16-19,24H,2-9,12-15,20H2,1H3/b11-10-. The fourth-order valence-corrected chi connectivity index (χ4v) is 2.81. The second-order valence-corrected chi connectivity index (χ2v) is 6.95. The van der Waals surface area contributed by atoms with Crippen molar-refractivity contribution < 1.29 is 14.6 Å². The van der Waals surface area contributed by atoms with E-state index in [1.165, 1.54) is 51.4 Å². The summed E-state index contributed by atoms with van der Waals surface area (Å²) >= 11 is 0. The minimum Gasteiger partial charge on any atom is -0.508 e. The number of allylic oxidation sites excluding steroid dienone is 2. The average molecular weight is 361 g/mol. The first-order chi connectivity index (χ1) is 12.7. The van der Waals surface area contributed by atoms with Crippen LogP contribution in [0.1, 0.15) is 89.5 Å². The fraction of sp³-hybridized carbons (Fsp3) is 0.609. The van der Waals surface area contributed by atoms with Crippen molar-refractivity contribution in [2.45, 2.75) is 90.6 Å². The Morgan fingerprint density at radius 3 is 2.12 bits per heavy atom. The molecule has 0 saturated heterocycles. The van der Waals surface area contributed by atoms with Crippen LogP contribution in [-0.4, -0.2) is 11.1 Å². The van der Waals surface area contributed by atoms with E-state index in [2.05, 4.69) is 19.1 Å². The van der Waals surface area contributed by atoms with Gasteiger partial charge in [-0.25, -0.2) is 0 Å². The van der Waals surface area contributed by atoms with E-state index >= 15 is 0 Å². The van der Waals surface area contributed by atoms with Crippen LogP contribution in [0.15, 0.2) is 36.4 Å². The van der Waals surface area contributed by atoms with Gasteiger partial charge in [-0.05, 0) is 49.8 Å². The summed E-state index contributed by atoms with van der Waals surface area (Å²) in [5.74, 6) is 0.0743. The molecule has 0 heterocycles. The molecule has 3 nitrogen and oxygen atoms in total. The Balaban J connectivity index is 1.90. The molecule has 1 aromatic carbocycles. The maximum Gasteiger partial charge on any atom is 0.306 e. The Hall–Kier alpha value is -1.77. The van der Waals surface area contributed by atoms with Gasteiger partial charge in [0, 0.05) is 6.42 Å². The zero-order valence-corrected chi connectivity index (χ0v) is 16.4. The third-order valence-corrected chi connectivity index (χ3v) is 4.48. The van der Waals surface area contributed by atoms with Gasteiger partial charge in [0.15, 0.2) is 0 Å². The number of unbranched alkanes of at least 4 members (excludes halogenated alkanes) is 9. The molecule has 146 valence electrons. The third kappa shape index (κ3) is 12.6. The topological polar surface area (TPSA) is 46.5 Å². The summed E-state index contributed by atoms with van der Waals surface area (Å²) in [6.45, 7) is 2.53. The molecule has 0 unspecified atom stereocenters. The van der Waals surface area contributed by atoms with Gasteiger partial charge in [-0.3, -0.25) is 4.79 Å². The highest BCUT2D eigenvalue weighted by molar-refractivity contribution is 5.69. The molecule has 0 bridgehead atoms. The Morgan fingerprint density at radius 2 is 1.46 bits per heavy atom. The van der Waals surface area contributed by atoms with Crippen LogP contribution in [0, 0.1) is 0 Å². The SMILES string of the molecule is CCCCCCCCC/C=C\CCCCC(=O)OCc1ccc(O)cc1. The molecule has 0 saturated carbocycles. The summed E-state index contributed by atoms with van der Waals surface area (Å²) in [5.41, 5.74) is 0.893. The summed E-state index contributed by atoms with van der Waals surface area (Å²) in [7, 11) is 0. The number of carbonyl (C=O) groups is 1. The van der Waals surface area contributed by atoms with E-state index in [9.17, 15) is 9.90 Å². The molecule has 0 amide bonds. The molecule has 0 atom stereocenters. The molecular formula is C23H36O3. The molecule has 0 fully saturated rings. The predicted molar refractivity (Wildman–Crippen MR) is 108 cm³/mol. The van der Waals surface area contributed by atoms with Crippen LogP contribution < -0.4 is 0 Å². The predicted octanol–water partition coefficient (Wildman–Crippen LogP) is 6.69. The van der Waals surface area contributed by atoms with Crippen LogP contribution in [0.4, 0.5) is 0 Å². The molecule has 0 spiro atoms. The van der Waals surface area contributed by atoms with Gasteiger partial charge in [0.1, 0.15) is 12.4 Å². The second-order valence-electron chi connectivity index (χ2n) is 6.95. The summed E-state index contributed by atoms with van der Waals surface area (Å²) in [6.07, 6.45) is 18.6. The van der Waals surface area contributed by atoms with Crippen molar-refractivity contribution in [3.63, 3.8) is 0 Å². The average Bonchev–Trinajstić information content (AvgIpc) is 2.65. The zero-order valence-electron chi connectivity index (χ0n) is 16.4. The van der Waals surface area contributed by atoms with Gasteiger partial charge in [0.2, 0.25) is 0 Å². The van der Waals surface area contributed by atoms with Gasteiger partial charge in [0.25, 0.3) is 0 Å². The lowest BCUT2D eigenvalue weighted by Gasteiger charge is -2.04. The minimum atomic E-state index is -0.148. The molecule has 1 aromatic rings. The number of aromatic hydroxyl groups is 1. The molecule has 1 rings (SSSR count). The van der Waals surface area contributed by atoms with Crippen molar-refractivity contribution in [3.05, 3.63) is 42.0 Å². The van der Waals surface area contributed by atoms with Crippen molar-refractivity contribution in [1.29, 1.82) is 0 Å². The number of rotatable bonds is 15. The fourth-order valence-electron chi connectivity index (χ4n) is 2.81. The Morgan fingerprint density at radius 1 is 0.885 bits per heavy atom. The summed E-state index contributed by atoms with van der Waals surface area (Å²) in [5, 5.41) is 9.21. The smallest absolute Gasteiger partial charge is 0.306 e. The molecule has 0 aliphatic rings. The molecule has 1 N–H and O–H groups in total. The number of ether oxygens (including phenoxy) is 1. The molecule has 0 radical (unpaired) electrons. The van der Waals surface area contributed by atoms with Crippen LogP contribution in [-0.2, 0) is 16.1 Å². The Bertz CT molecular complexity index is 491. The van der Waals surface area contributed by atoms with Crippen molar-refractivity contribution in [2.24, 2.45) is 0 Å². The van der Waals surface area contributed by atoms with Crippen LogP contribution in [0.3, 0.4) is 0 Å². The number of benzene rings is 1. The van der Waals surface area contributed by atoms with Crippen LogP contribution in [0.5, 0.6) is 5.75 Å².